The van der Waals surface area contributed by atoms with Crippen molar-refractivity contribution < 1.29 is 9.47 Å². The van der Waals surface area contributed by atoms with Crippen molar-refractivity contribution in [2.75, 3.05) is 7.11 Å². The second-order valence-corrected chi connectivity index (χ2v) is 5.30. The number of para-hydroxylation sites is 1. The van der Waals surface area contributed by atoms with E-state index in [1.807, 2.05) is 18.2 Å². The van der Waals surface area contributed by atoms with E-state index in [1.165, 1.54) is 0 Å². The number of hydrogen-bond donors (Lipinski definition) is 0. The molecule has 1 aromatic carbocycles. The number of alkyl halides is 1. The van der Waals surface area contributed by atoms with E-state index in [4.69, 9.17) is 32.7 Å². The topological polar surface area (TPSA) is 18.5 Å². The van der Waals surface area contributed by atoms with E-state index in [0.717, 1.165) is 37.0 Å². The molecule has 0 spiro atoms. The Labute approximate surface area is 118 Å². The number of halogens is 2. The fourth-order valence-corrected chi connectivity index (χ4v) is 2.83. The highest BCUT2D eigenvalue weighted by atomic mass is 35.5. The molecule has 2 nitrogen and oxygen atoms in total. The summed E-state index contributed by atoms with van der Waals surface area (Å²) in [7, 11) is 1.76. The van der Waals surface area contributed by atoms with E-state index in [1.54, 1.807) is 7.11 Å². The number of benzene rings is 1. The maximum absolute atomic E-state index is 6.18. The van der Waals surface area contributed by atoms with Gasteiger partial charge in [0.25, 0.3) is 0 Å². The zero-order chi connectivity index (χ0) is 13.0. The molecule has 2 rings (SSSR count). The molecule has 0 aliphatic heterocycles. The Morgan fingerprint density at radius 2 is 2.06 bits per heavy atom. The monoisotopic (exact) mass is 288 g/mol. The van der Waals surface area contributed by atoms with Gasteiger partial charge < -0.3 is 9.47 Å². The number of rotatable bonds is 4. The van der Waals surface area contributed by atoms with Crippen molar-refractivity contribution in [3.8, 4) is 5.75 Å². The molecule has 0 radical (unpaired) electrons. The fourth-order valence-electron chi connectivity index (χ4n) is 2.38. The van der Waals surface area contributed by atoms with Crippen LogP contribution in [-0.2, 0) is 10.6 Å². The van der Waals surface area contributed by atoms with Gasteiger partial charge in [0.05, 0.1) is 17.0 Å². The van der Waals surface area contributed by atoms with E-state index in [2.05, 4.69) is 0 Å². The van der Waals surface area contributed by atoms with Crippen molar-refractivity contribution in [3.63, 3.8) is 0 Å². The summed E-state index contributed by atoms with van der Waals surface area (Å²) in [5.74, 6) is 1.15. The lowest BCUT2D eigenvalue weighted by atomic mass is 9.95. The van der Waals surface area contributed by atoms with E-state index in [9.17, 15) is 0 Å². The SMILES string of the molecule is COC1CCCC(Oc2c(Cl)cccc2CCl)C1. The standard InChI is InChI=1S/C14H18Cl2O2/c1-17-11-5-3-6-12(8-11)18-14-10(9-15)4-2-7-13(14)16/h2,4,7,11-12H,3,5-6,8-9H2,1H3. The average molecular weight is 289 g/mol. The molecular weight excluding hydrogens is 271 g/mol. The minimum absolute atomic E-state index is 0.172. The van der Waals surface area contributed by atoms with Crippen LogP contribution in [0.5, 0.6) is 5.75 Å². The van der Waals surface area contributed by atoms with Gasteiger partial charge in [0.1, 0.15) is 11.9 Å². The predicted octanol–water partition coefficient (Wildman–Crippen LogP) is 4.42. The number of methoxy groups -OCH3 is 1. The van der Waals surface area contributed by atoms with Gasteiger partial charge in [0, 0.05) is 19.1 Å². The first kappa shape index (κ1) is 14.0. The molecule has 4 heteroatoms. The Bertz CT molecular complexity index is 395. The van der Waals surface area contributed by atoms with Gasteiger partial charge in [-0.2, -0.15) is 0 Å². The van der Waals surface area contributed by atoms with Gasteiger partial charge in [-0.1, -0.05) is 23.7 Å². The molecule has 0 heterocycles. The summed E-state index contributed by atoms with van der Waals surface area (Å²) in [6, 6.07) is 5.68. The molecule has 0 amide bonds. The second kappa shape index (κ2) is 6.65. The molecule has 0 aromatic heterocycles. The average Bonchev–Trinajstić information content (AvgIpc) is 2.41. The Morgan fingerprint density at radius 1 is 1.28 bits per heavy atom. The lowest BCUT2D eigenvalue weighted by Gasteiger charge is -2.29. The highest BCUT2D eigenvalue weighted by molar-refractivity contribution is 6.32. The number of hydrogen-bond acceptors (Lipinski definition) is 2. The first-order chi connectivity index (χ1) is 8.74. The summed E-state index contributed by atoms with van der Waals surface area (Å²) in [4.78, 5) is 0. The normalized spacial score (nSPS) is 23.9. The molecule has 0 saturated heterocycles. The van der Waals surface area contributed by atoms with Crippen LogP contribution in [0.4, 0.5) is 0 Å². The van der Waals surface area contributed by atoms with Crippen molar-refractivity contribution in [1.29, 1.82) is 0 Å². The quantitative estimate of drug-likeness (QED) is 0.764. The van der Waals surface area contributed by atoms with Crippen LogP contribution in [-0.4, -0.2) is 19.3 Å². The lowest BCUT2D eigenvalue weighted by Crippen LogP contribution is -2.29. The van der Waals surface area contributed by atoms with Gasteiger partial charge in [0.2, 0.25) is 0 Å². The fraction of sp³-hybridized carbons (Fsp3) is 0.571. The molecule has 2 atom stereocenters. The van der Waals surface area contributed by atoms with Gasteiger partial charge in [-0.15, -0.1) is 11.6 Å². The van der Waals surface area contributed by atoms with E-state index in [0.29, 0.717) is 17.0 Å². The Morgan fingerprint density at radius 3 is 2.78 bits per heavy atom. The van der Waals surface area contributed by atoms with Crippen molar-refractivity contribution in [1.82, 2.24) is 0 Å². The van der Waals surface area contributed by atoms with Gasteiger partial charge >= 0.3 is 0 Å². The van der Waals surface area contributed by atoms with Crippen LogP contribution >= 0.6 is 23.2 Å². The maximum Gasteiger partial charge on any atom is 0.142 e. The molecule has 1 fully saturated rings. The third-order valence-corrected chi connectivity index (χ3v) is 3.97. The summed E-state index contributed by atoms with van der Waals surface area (Å²) < 4.78 is 11.5. The Balaban J connectivity index is 2.09. The maximum atomic E-state index is 6.18. The summed E-state index contributed by atoms with van der Waals surface area (Å²) in [5.41, 5.74) is 0.948. The van der Waals surface area contributed by atoms with Crippen LogP contribution < -0.4 is 4.74 Å². The van der Waals surface area contributed by atoms with Gasteiger partial charge in [-0.25, -0.2) is 0 Å². The third kappa shape index (κ3) is 3.31. The Hall–Kier alpha value is -0.440. The van der Waals surface area contributed by atoms with Gasteiger partial charge in [-0.05, 0) is 25.3 Å². The molecule has 100 valence electrons. The summed E-state index contributed by atoms with van der Waals surface area (Å²) in [6.45, 7) is 0. The first-order valence-corrected chi connectivity index (χ1v) is 7.18. The van der Waals surface area contributed by atoms with Crippen LogP contribution in [0.1, 0.15) is 31.2 Å². The molecule has 2 unspecified atom stereocenters. The summed E-state index contributed by atoms with van der Waals surface area (Å²) in [6.07, 6.45) is 4.68. The second-order valence-electron chi connectivity index (χ2n) is 4.63. The van der Waals surface area contributed by atoms with E-state index in [-0.39, 0.29) is 6.10 Å². The highest BCUT2D eigenvalue weighted by Gasteiger charge is 2.24. The van der Waals surface area contributed by atoms with Crippen molar-refractivity contribution >= 4 is 23.2 Å². The van der Waals surface area contributed by atoms with Crippen LogP contribution in [0.15, 0.2) is 18.2 Å². The van der Waals surface area contributed by atoms with E-state index >= 15 is 0 Å². The molecular formula is C14H18Cl2O2. The van der Waals surface area contributed by atoms with Crippen LogP contribution in [0.25, 0.3) is 0 Å². The molecule has 18 heavy (non-hydrogen) atoms. The largest absolute Gasteiger partial charge is 0.488 e. The molecule has 1 aliphatic rings. The van der Waals surface area contributed by atoms with Gasteiger partial charge in [-0.3, -0.25) is 0 Å². The van der Waals surface area contributed by atoms with Crippen molar-refractivity contribution in [2.45, 2.75) is 43.8 Å². The highest BCUT2D eigenvalue weighted by Crippen LogP contribution is 2.33. The first-order valence-electron chi connectivity index (χ1n) is 6.27. The van der Waals surface area contributed by atoms with Crippen LogP contribution in [0, 0.1) is 0 Å². The van der Waals surface area contributed by atoms with Crippen molar-refractivity contribution in [3.05, 3.63) is 28.8 Å². The minimum atomic E-state index is 0.172. The Kier molecular flexibility index (Phi) is 5.16. The van der Waals surface area contributed by atoms with E-state index < -0.39 is 0 Å². The number of ether oxygens (including phenoxy) is 2. The van der Waals surface area contributed by atoms with Crippen LogP contribution in [0.3, 0.4) is 0 Å². The third-order valence-electron chi connectivity index (χ3n) is 3.39. The smallest absolute Gasteiger partial charge is 0.142 e. The molecule has 1 aliphatic carbocycles. The molecule has 0 N–H and O–H groups in total. The van der Waals surface area contributed by atoms with Crippen molar-refractivity contribution in [2.24, 2.45) is 0 Å². The zero-order valence-corrected chi connectivity index (χ0v) is 12.0. The summed E-state index contributed by atoms with van der Waals surface area (Å²) in [5, 5.41) is 0.632. The minimum Gasteiger partial charge on any atom is -0.488 e. The van der Waals surface area contributed by atoms with Gasteiger partial charge in [0.15, 0.2) is 0 Å². The predicted molar refractivity (Wildman–Crippen MR) is 74.7 cm³/mol. The summed E-state index contributed by atoms with van der Waals surface area (Å²) >= 11 is 12.1. The molecule has 1 aromatic rings. The van der Waals surface area contributed by atoms with Crippen LogP contribution in [0.2, 0.25) is 5.02 Å². The zero-order valence-electron chi connectivity index (χ0n) is 10.5. The molecule has 1 saturated carbocycles. The lowest BCUT2D eigenvalue weighted by molar-refractivity contribution is 0.0207. The molecule has 0 bridgehead atoms.